The monoisotopic (exact) mass is 362 g/mol. The number of nitrogens with one attached hydrogen (secondary N) is 1. The highest BCUT2D eigenvalue weighted by atomic mass is 35.5. The van der Waals surface area contributed by atoms with E-state index in [0.717, 1.165) is 17.9 Å². The van der Waals surface area contributed by atoms with E-state index in [4.69, 9.17) is 16.3 Å². The van der Waals surface area contributed by atoms with Gasteiger partial charge in [-0.3, -0.25) is 0 Å². The van der Waals surface area contributed by atoms with Gasteiger partial charge in [0.1, 0.15) is 11.9 Å². The quantitative estimate of drug-likeness (QED) is 0.908. The van der Waals surface area contributed by atoms with Gasteiger partial charge in [-0.25, -0.2) is 9.78 Å². The maximum absolute atomic E-state index is 12.6. The topological polar surface area (TPSA) is 59.4 Å². The van der Waals surface area contributed by atoms with Crippen molar-refractivity contribution in [2.24, 2.45) is 0 Å². The second-order valence-corrected chi connectivity index (χ2v) is 6.51. The van der Waals surface area contributed by atoms with Crippen LogP contribution in [-0.4, -0.2) is 39.7 Å². The first-order valence-electron chi connectivity index (χ1n) is 8.51. The van der Waals surface area contributed by atoms with E-state index in [1.165, 1.54) is 0 Å². The Morgan fingerprint density at radius 2 is 2.32 bits per heavy atom. The minimum Gasteiger partial charge on any atom is -0.370 e. The molecule has 1 aliphatic heterocycles. The number of benzene rings is 1. The van der Waals surface area contributed by atoms with Crippen LogP contribution < -0.4 is 5.32 Å². The predicted molar refractivity (Wildman–Crippen MR) is 96.4 cm³/mol. The highest BCUT2D eigenvalue weighted by molar-refractivity contribution is 6.30. The number of aromatic nitrogens is 2. The molecule has 0 unspecified atom stereocenters. The minimum absolute atomic E-state index is 0.0851. The summed E-state index contributed by atoms with van der Waals surface area (Å²) in [4.78, 5) is 18.7. The summed E-state index contributed by atoms with van der Waals surface area (Å²) in [5.41, 5.74) is 0.985. The number of urea groups is 1. The first-order chi connectivity index (χ1) is 12.1. The van der Waals surface area contributed by atoms with Crippen LogP contribution in [0.1, 0.15) is 31.3 Å². The predicted octanol–water partition coefficient (Wildman–Crippen LogP) is 3.23. The fraction of sp³-hybridized carbons (Fsp3) is 0.444. The average molecular weight is 363 g/mol. The van der Waals surface area contributed by atoms with E-state index in [9.17, 15) is 4.79 Å². The van der Waals surface area contributed by atoms with Gasteiger partial charge in [-0.2, -0.15) is 0 Å². The average Bonchev–Trinajstić information content (AvgIpc) is 3.07. The number of carbonyl (C=O) groups excluding carboxylic acids is 1. The van der Waals surface area contributed by atoms with E-state index in [1.54, 1.807) is 6.20 Å². The van der Waals surface area contributed by atoms with Gasteiger partial charge in [0.2, 0.25) is 0 Å². The molecule has 134 valence electrons. The Hall–Kier alpha value is -2.05. The lowest BCUT2D eigenvalue weighted by molar-refractivity contribution is -0.0498. The lowest BCUT2D eigenvalue weighted by Crippen LogP contribution is -2.52. The zero-order valence-electron chi connectivity index (χ0n) is 14.5. The number of morpholine rings is 1. The number of imidazole rings is 1. The summed E-state index contributed by atoms with van der Waals surface area (Å²) in [6, 6.07) is 7.41. The Morgan fingerprint density at radius 3 is 3.08 bits per heavy atom. The molecule has 2 aromatic rings. The SMILES string of the molecule is CCn1ccnc1CNC(=O)N1CCO[C@H](c2cccc(Cl)c2)[C@H]1C. The van der Waals surface area contributed by atoms with Gasteiger partial charge in [0, 0.05) is 30.5 Å². The standard InChI is InChI=1S/C18H23ClN4O2/c1-3-22-8-7-20-16(22)12-21-18(24)23-9-10-25-17(13(23)2)14-5-4-6-15(19)11-14/h4-8,11,13,17H,3,9-10,12H2,1-2H3,(H,21,24)/t13-,17+/m1/s1. The molecular formula is C18H23ClN4O2. The summed E-state index contributed by atoms with van der Waals surface area (Å²) in [6.07, 6.45) is 3.47. The van der Waals surface area contributed by atoms with Crippen molar-refractivity contribution in [3.63, 3.8) is 0 Å². The van der Waals surface area contributed by atoms with Crippen molar-refractivity contribution in [1.82, 2.24) is 19.8 Å². The molecule has 2 amide bonds. The van der Waals surface area contributed by atoms with Crippen molar-refractivity contribution in [2.45, 2.75) is 39.1 Å². The van der Waals surface area contributed by atoms with Crippen LogP contribution in [0, 0.1) is 0 Å². The second-order valence-electron chi connectivity index (χ2n) is 6.07. The molecule has 7 heteroatoms. The van der Waals surface area contributed by atoms with Crippen LogP contribution >= 0.6 is 11.6 Å². The highest BCUT2D eigenvalue weighted by Crippen LogP contribution is 2.29. The molecule has 2 atom stereocenters. The number of rotatable bonds is 4. The lowest BCUT2D eigenvalue weighted by Gasteiger charge is -2.39. The zero-order valence-corrected chi connectivity index (χ0v) is 15.2. The third kappa shape index (κ3) is 3.96. The number of carbonyl (C=O) groups is 1. The number of ether oxygens (including phenoxy) is 1. The van der Waals surface area contributed by atoms with Gasteiger partial charge >= 0.3 is 6.03 Å². The number of aryl methyl sites for hydroxylation is 1. The zero-order chi connectivity index (χ0) is 17.8. The first kappa shape index (κ1) is 17.8. The number of nitrogens with zero attached hydrogens (tertiary/aromatic N) is 3. The van der Waals surface area contributed by atoms with Crippen molar-refractivity contribution < 1.29 is 9.53 Å². The molecule has 0 bridgehead atoms. The smallest absolute Gasteiger partial charge is 0.318 e. The number of halogens is 1. The molecule has 25 heavy (non-hydrogen) atoms. The molecule has 1 fully saturated rings. The molecule has 0 radical (unpaired) electrons. The van der Waals surface area contributed by atoms with Gasteiger partial charge in [-0.15, -0.1) is 0 Å². The highest BCUT2D eigenvalue weighted by Gasteiger charge is 2.33. The third-order valence-corrected chi connectivity index (χ3v) is 4.77. The maximum Gasteiger partial charge on any atom is 0.318 e. The van der Waals surface area contributed by atoms with Gasteiger partial charge in [-0.1, -0.05) is 23.7 Å². The summed E-state index contributed by atoms with van der Waals surface area (Å²) < 4.78 is 7.91. The van der Waals surface area contributed by atoms with E-state index in [1.807, 2.05) is 53.8 Å². The van der Waals surface area contributed by atoms with Gasteiger partial charge < -0.3 is 19.5 Å². The molecule has 2 heterocycles. The third-order valence-electron chi connectivity index (χ3n) is 4.54. The summed E-state index contributed by atoms with van der Waals surface area (Å²) in [5, 5.41) is 3.63. The van der Waals surface area contributed by atoms with Crippen LogP contribution in [-0.2, 0) is 17.8 Å². The fourth-order valence-corrected chi connectivity index (χ4v) is 3.38. The van der Waals surface area contributed by atoms with Crippen molar-refractivity contribution >= 4 is 17.6 Å². The molecule has 6 nitrogen and oxygen atoms in total. The Bertz CT molecular complexity index is 733. The molecule has 0 aliphatic carbocycles. The largest absolute Gasteiger partial charge is 0.370 e. The van der Waals surface area contributed by atoms with Gasteiger partial charge in [-0.05, 0) is 31.5 Å². The number of hydrogen-bond acceptors (Lipinski definition) is 3. The molecule has 3 rings (SSSR count). The van der Waals surface area contributed by atoms with Gasteiger partial charge in [0.25, 0.3) is 0 Å². The van der Waals surface area contributed by atoms with Gasteiger partial charge in [0.15, 0.2) is 0 Å². The van der Waals surface area contributed by atoms with Crippen LogP contribution in [0.4, 0.5) is 4.79 Å². The molecule has 1 N–H and O–H groups in total. The summed E-state index contributed by atoms with van der Waals surface area (Å²) in [5.74, 6) is 0.850. The molecule has 0 spiro atoms. The Kier molecular flexibility index (Phi) is 5.60. The minimum atomic E-state index is -0.184. The number of amides is 2. The van der Waals surface area contributed by atoms with Crippen LogP contribution in [0.25, 0.3) is 0 Å². The Morgan fingerprint density at radius 1 is 1.48 bits per heavy atom. The lowest BCUT2D eigenvalue weighted by atomic mass is 10.0. The Labute approximate surface area is 152 Å². The van der Waals surface area contributed by atoms with Crippen LogP contribution in [0.2, 0.25) is 5.02 Å². The van der Waals surface area contributed by atoms with Crippen molar-refractivity contribution in [2.75, 3.05) is 13.2 Å². The number of hydrogen-bond donors (Lipinski definition) is 1. The van der Waals surface area contributed by atoms with Crippen LogP contribution in [0.3, 0.4) is 0 Å². The maximum atomic E-state index is 12.6. The Balaban J connectivity index is 1.66. The summed E-state index contributed by atoms with van der Waals surface area (Å²) >= 11 is 6.09. The molecule has 1 aromatic carbocycles. The second kappa shape index (κ2) is 7.89. The molecular weight excluding hydrogens is 340 g/mol. The van der Waals surface area contributed by atoms with Crippen LogP contribution in [0.5, 0.6) is 0 Å². The first-order valence-corrected chi connectivity index (χ1v) is 8.89. The summed E-state index contributed by atoms with van der Waals surface area (Å²) in [7, 11) is 0. The van der Waals surface area contributed by atoms with Crippen molar-refractivity contribution in [3.05, 3.63) is 53.1 Å². The molecule has 0 saturated carbocycles. The fourth-order valence-electron chi connectivity index (χ4n) is 3.18. The molecule has 1 aliphatic rings. The van der Waals surface area contributed by atoms with E-state index in [2.05, 4.69) is 10.3 Å². The van der Waals surface area contributed by atoms with E-state index in [0.29, 0.717) is 24.7 Å². The van der Waals surface area contributed by atoms with E-state index < -0.39 is 0 Å². The normalized spacial score (nSPS) is 20.5. The molecule has 1 aromatic heterocycles. The van der Waals surface area contributed by atoms with Gasteiger partial charge in [0.05, 0.1) is 19.2 Å². The summed E-state index contributed by atoms with van der Waals surface area (Å²) in [6.45, 7) is 6.34. The van der Waals surface area contributed by atoms with Crippen molar-refractivity contribution in [3.8, 4) is 0 Å². The van der Waals surface area contributed by atoms with Crippen LogP contribution in [0.15, 0.2) is 36.7 Å². The van der Waals surface area contributed by atoms with Crippen molar-refractivity contribution in [1.29, 1.82) is 0 Å². The molecule has 1 saturated heterocycles. The van der Waals surface area contributed by atoms with E-state index in [-0.39, 0.29) is 18.2 Å². The van der Waals surface area contributed by atoms with E-state index >= 15 is 0 Å².